The molecule has 0 fully saturated rings. The van der Waals surface area contributed by atoms with Crippen LogP contribution in [0.4, 0.5) is 0 Å². The quantitative estimate of drug-likeness (QED) is 0.490. The molecule has 0 bridgehead atoms. The van der Waals surface area contributed by atoms with Gasteiger partial charge in [-0.15, -0.1) is 0 Å². The van der Waals surface area contributed by atoms with Gasteiger partial charge in [0, 0.05) is 5.57 Å². The lowest BCUT2D eigenvalue weighted by atomic mass is 10.1. The van der Waals surface area contributed by atoms with Gasteiger partial charge in [0.2, 0.25) is 0 Å². The van der Waals surface area contributed by atoms with Crippen molar-refractivity contribution in [3.8, 4) is 0 Å². The molecule has 3 unspecified atom stereocenters. The Kier molecular flexibility index (Phi) is 4.66. The minimum absolute atomic E-state index is 0.268. The van der Waals surface area contributed by atoms with Gasteiger partial charge in [0.15, 0.2) is 0 Å². The first-order valence-corrected chi connectivity index (χ1v) is 4.09. The van der Waals surface area contributed by atoms with E-state index in [4.69, 9.17) is 9.84 Å². The predicted molar refractivity (Wildman–Crippen MR) is 48.1 cm³/mol. The highest BCUT2D eigenvalue weighted by Crippen LogP contribution is 2.06. The molecular formula is C9H16O4. The molecule has 0 amide bonds. The van der Waals surface area contributed by atoms with Crippen LogP contribution in [0.1, 0.15) is 20.8 Å². The van der Waals surface area contributed by atoms with Crippen LogP contribution in [-0.2, 0) is 9.53 Å². The van der Waals surface area contributed by atoms with Gasteiger partial charge in [-0.05, 0) is 20.8 Å². The van der Waals surface area contributed by atoms with Crippen LogP contribution in [0.3, 0.4) is 0 Å². The van der Waals surface area contributed by atoms with Crippen molar-refractivity contribution >= 4 is 5.97 Å². The number of carbonyl (C=O) groups excluding carboxylic acids is 1. The Morgan fingerprint density at radius 3 is 2.15 bits per heavy atom. The van der Waals surface area contributed by atoms with Crippen LogP contribution >= 0.6 is 0 Å². The molecule has 2 N–H and O–H groups in total. The predicted octanol–water partition coefficient (Wildman–Crippen LogP) is 0.236. The first-order chi connectivity index (χ1) is 5.86. The van der Waals surface area contributed by atoms with E-state index >= 15 is 0 Å². The van der Waals surface area contributed by atoms with Crippen molar-refractivity contribution in [1.82, 2.24) is 0 Å². The van der Waals surface area contributed by atoms with Gasteiger partial charge in [-0.2, -0.15) is 0 Å². The molecule has 0 saturated heterocycles. The van der Waals surface area contributed by atoms with Gasteiger partial charge >= 0.3 is 5.97 Å². The molecule has 0 rings (SSSR count). The standard InChI is InChI=1S/C9H16O4/c1-5(2)9(12)13-7(4)8(11)6(3)10/h6-8,10-11H,1H2,2-4H3. The highest BCUT2D eigenvalue weighted by Gasteiger charge is 2.22. The Hall–Kier alpha value is -0.870. The lowest BCUT2D eigenvalue weighted by Crippen LogP contribution is -2.36. The number of aliphatic hydroxyl groups excluding tert-OH is 2. The maximum Gasteiger partial charge on any atom is 0.333 e. The lowest BCUT2D eigenvalue weighted by molar-refractivity contribution is -0.152. The van der Waals surface area contributed by atoms with Crippen molar-refractivity contribution < 1.29 is 19.7 Å². The van der Waals surface area contributed by atoms with E-state index in [1.54, 1.807) is 0 Å². The Morgan fingerprint density at radius 1 is 1.38 bits per heavy atom. The summed E-state index contributed by atoms with van der Waals surface area (Å²) in [5.41, 5.74) is 0.268. The normalized spacial score (nSPS) is 17.3. The minimum Gasteiger partial charge on any atom is -0.456 e. The van der Waals surface area contributed by atoms with E-state index in [9.17, 15) is 9.90 Å². The Labute approximate surface area is 77.8 Å². The third-order valence-corrected chi connectivity index (χ3v) is 1.62. The molecule has 0 spiro atoms. The van der Waals surface area contributed by atoms with Gasteiger partial charge in [0.05, 0.1) is 6.10 Å². The van der Waals surface area contributed by atoms with Gasteiger partial charge in [-0.1, -0.05) is 6.58 Å². The highest BCUT2D eigenvalue weighted by atomic mass is 16.6. The Morgan fingerprint density at radius 2 is 1.85 bits per heavy atom. The number of ether oxygens (including phenoxy) is 1. The summed E-state index contributed by atoms with van der Waals surface area (Å²) in [6, 6.07) is 0. The second-order valence-electron chi connectivity index (χ2n) is 3.12. The zero-order chi connectivity index (χ0) is 10.6. The van der Waals surface area contributed by atoms with Gasteiger partial charge in [0.25, 0.3) is 0 Å². The molecule has 76 valence electrons. The van der Waals surface area contributed by atoms with Crippen LogP contribution in [0.5, 0.6) is 0 Å². The summed E-state index contributed by atoms with van der Waals surface area (Å²) in [7, 11) is 0. The number of hydrogen-bond acceptors (Lipinski definition) is 4. The Bertz CT molecular complexity index is 198. The monoisotopic (exact) mass is 188 g/mol. The molecule has 0 aliphatic carbocycles. The molecule has 0 heterocycles. The van der Waals surface area contributed by atoms with E-state index in [-0.39, 0.29) is 5.57 Å². The number of rotatable bonds is 4. The molecule has 0 aromatic carbocycles. The van der Waals surface area contributed by atoms with Crippen LogP contribution in [0.15, 0.2) is 12.2 Å². The molecule has 13 heavy (non-hydrogen) atoms. The molecule has 0 aliphatic heterocycles. The van der Waals surface area contributed by atoms with Gasteiger partial charge < -0.3 is 14.9 Å². The lowest BCUT2D eigenvalue weighted by Gasteiger charge is -2.21. The van der Waals surface area contributed by atoms with Crippen LogP contribution < -0.4 is 0 Å². The highest BCUT2D eigenvalue weighted by molar-refractivity contribution is 5.87. The first kappa shape index (κ1) is 12.1. The van der Waals surface area contributed by atoms with Crippen molar-refractivity contribution in [3.05, 3.63) is 12.2 Å². The van der Waals surface area contributed by atoms with Crippen LogP contribution in [0.25, 0.3) is 0 Å². The second kappa shape index (κ2) is 4.99. The average Bonchev–Trinajstić information content (AvgIpc) is 2.02. The van der Waals surface area contributed by atoms with Gasteiger partial charge in [-0.3, -0.25) is 0 Å². The summed E-state index contributed by atoms with van der Waals surface area (Å²) in [5.74, 6) is -0.563. The SMILES string of the molecule is C=C(C)C(=O)OC(C)C(O)C(C)O. The topological polar surface area (TPSA) is 66.8 Å². The van der Waals surface area contributed by atoms with E-state index in [0.717, 1.165) is 0 Å². The van der Waals surface area contributed by atoms with E-state index < -0.39 is 24.3 Å². The van der Waals surface area contributed by atoms with Crippen molar-refractivity contribution in [2.24, 2.45) is 0 Å². The molecule has 0 aromatic rings. The smallest absolute Gasteiger partial charge is 0.333 e. The molecule has 0 aromatic heterocycles. The van der Waals surface area contributed by atoms with Crippen LogP contribution in [-0.4, -0.2) is 34.5 Å². The number of hydrogen-bond donors (Lipinski definition) is 2. The van der Waals surface area contributed by atoms with E-state index in [2.05, 4.69) is 6.58 Å². The summed E-state index contributed by atoms with van der Waals surface area (Å²) in [4.78, 5) is 11.0. The molecule has 0 aliphatic rings. The van der Waals surface area contributed by atoms with Crippen molar-refractivity contribution in [2.75, 3.05) is 0 Å². The molecule has 0 saturated carbocycles. The Balaban J connectivity index is 4.07. The van der Waals surface area contributed by atoms with E-state index in [1.165, 1.54) is 20.8 Å². The molecule has 4 heteroatoms. The summed E-state index contributed by atoms with van der Waals surface area (Å²) in [6.45, 7) is 7.85. The maximum atomic E-state index is 11.0. The number of esters is 1. The molecule has 0 radical (unpaired) electrons. The fourth-order valence-corrected chi connectivity index (χ4v) is 0.731. The van der Waals surface area contributed by atoms with Crippen molar-refractivity contribution in [2.45, 2.75) is 39.1 Å². The summed E-state index contributed by atoms with van der Waals surface area (Å²) in [5, 5.41) is 18.2. The summed E-state index contributed by atoms with van der Waals surface area (Å²) < 4.78 is 4.79. The summed E-state index contributed by atoms with van der Waals surface area (Å²) >= 11 is 0. The van der Waals surface area contributed by atoms with Crippen LogP contribution in [0, 0.1) is 0 Å². The summed E-state index contributed by atoms with van der Waals surface area (Å²) in [6.07, 6.45) is -2.72. The van der Waals surface area contributed by atoms with Crippen LogP contribution in [0.2, 0.25) is 0 Å². The van der Waals surface area contributed by atoms with E-state index in [1.807, 2.05) is 0 Å². The molecular weight excluding hydrogens is 172 g/mol. The largest absolute Gasteiger partial charge is 0.456 e. The van der Waals surface area contributed by atoms with Gasteiger partial charge in [-0.25, -0.2) is 4.79 Å². The van der Waals surface area contributed by atoms with E-state index in [0.29, 0.717) is 0 Å². The molecule has 3 atom stereocenters. The molecule has 4 nitrogen and oxygen atoms in total. The zero-order valence-corrected chi connectivity index (χ0v) is 8.15. The second-order valence-corrected chi connectivity index (χ2v) is 3.12. The van der Waals surface area contributed by atoms with Crippen molar-refractivity contribution in [3.63, 3.8) is 0 Å². The maximum absolute atomic E-state index is 11.0. The van der Waals surface area contributed by atoms with Gasteiger partial charge in [0.1, 0.15) is 12.2 Å². The first-order valence-electron chi connectivity index (χ1n) is 4.09. The minimum atomic E-state index is -1.07. The fraction of sp³-hybridized carbons (Fsp3) is 0.667. The fourth-order valence-electron chi connectivity index (χ4n) is 0.731. The zero-order valence-electron chi connectivity index (χ0n) is 8.15. The average molecular weight is 188 g/mol. The number of aliphatic hydroxyl groups is 2. The van der Waals surface area contributed by atoms with Crippen molar-refractivity contribution in [1.29, 1.82) is 0 Å². The third kappa shape index (κ3) is 4.05. The number of carbonyl (C=O) groups is 1. The third-order valence-electron chi connectivity index (χ3n) is 1.62.